The molecular formula is C30H27F2N3O3S. The van der Waals surface area contributed by atoms with Crippen LogP contribution in [0.5, 0.6) is 0 Å². The lowest BCUT2D eigenvalue weighted by atomic mass is 9.96. The SMILES string of the molecule is CC/C=C(\C=C(/COC)NS(=O)(=O)c1ccc(F)cc1F)c1ccc2nccc(C3=CN=C4CC4C=C3)c2c1. The van der Waals surface area contributed by atoms with Crippen LogP contribution >= 0.6 is 0 Å². The molecule has 3 aromatic rings. The van der Waals surface area contributed by atoms with Crippen molar-refractivity contribution >= 4 is 37.8 Å². The van der Waals surface area contributed by atoms with Crippen molar-refractivity contribution in [2.24, 2.45) is 10.9 Å². The van der Waals surface area contributed by atoms with Crippen molar-refractivity contribution in [1.82, 2.24) is 9.71 Å². The highest BCUT2D eigenvalue weighted by atomic mass is 32.2. The lowest BCUT2D eigenvalue weighted by molar-refractivity contribution is 0.223. The number of rotatable bonds is 9. The van der Waals surface area contributed by atoms with E-state index >= 15 is 0 Å². The number of nitrogens with zero attached hydrogens (tertiary/aromatic N) is 2. The van der Waals surface area contributed by atoms with E-state index in [2.05, 4.69) is 26.9 Å². The number of halogens is 2. The number of nitrogens with one attached hydrogen (secondary N) is 1. The van der Waals surface area contributed by atoms with Crippen LogP contribution in [-0.2, 0) is 14.8 Å². The Morgan fingerprint density at radius 3 is 2.79 bits per heavy atom. The van der Waals surface area contributed by atoms with E-state index in [1.165, 1.54) is 12.8 Å². The molecule has 2 aliphatic rings. The Morgan fingerprint density at radius 2 is 2.03 bits per heavy atom. The second-order valence-corrected chi connectivity index (χ2v) is 11.0. The molecule has 0 spiro atoms. The molecule has 1 aliphatic carbocycles. The normalized spacial score (nSPS) is 17.4. The zero-order valence-electron chi connectivity index (χ0n) is 21.5. The smallest absolute Gasteiger partial charge is 0.264 e. The summed E-state index contributed by atoms with van der Waals surface area (Å²) in [4.78, 5) is 8.47. The van der Waals surface area contributed by atoms with Crippen LogP contribution in [-0.4, -0.2) is 32.8 Å². The highest BCUT2D eigenvalue weighted by molar-refractivity contribution is 7.89. The summed E-state index contributed by atoms with van der Waals surface area (Å²) in [6, 6.07) is 10.1. The fourth-order valence-corrected chi connectivity index (χ4v) is 5.63. The standard InChI is InChI=1S/C30H27F2N3O3S/c1-3-4-19(13-24(18-38-2)35-39(36,37)30-10-8-23(31)16-27(30)32)20-7-9-28-26(14-20)25(11-12-33-28)22-6-5-21-15-29(21)34-17-22/h4-14,16-17,21,35H,3,15,18H2,1-2H3/b19-4+,24-13+. The van der Waals surface area contributed by atoms with Crippen molar-refractivity contribution < 1.29 is 21.9 Å². The van der Waals surface area contributed by atoms with Crippen LogP contribution in [0, 0.1) is 17.6 Å². The topological polar surface area (TPSA) is 80.6 Å². The molecule has 2 heterocycles. The molecule has 0 amide bonds. The molecule has 39 heavy (non-hydrogen) atoms. The fourth-order valence-electron chi connectivity index (χ4n) is 4.49. The Bertz CT molecular complexity index is 1710. The minimum atomic E-state index is -4.34. The quantitative estimate of drug-likeness (QED) is 0.324. The van der Waals surface area contributed by atoms with Gasteiger partial charge in [0.25, 0.3) is 10.0 Å². The van der Waals surface area contributed by atoms with Crippen molar-refractivity contribution in [3.8, 4) is 0 Å². The van der Waals surface area contributed by atoms with Crippen LogP contribution in [0.15, 0.2) is 94.8 Å². The molecule has 200 valence electrons. The summed E-state index contributed by atoms with van der Waals surface area (Å²) in [5, 5.41) is 0.930. The largest absolute Gasteiger partial charge is 0.378 e. The van der Waals surface area contributed by atoms with E-state index in [0.717, 1.165) is 51.7 Å². The third kappa shape index (κ3) is 5.89. The number of methoxy groups -OCH3 is 1. The van der Waals surface area contributed by atoms with Gasteiger partial charge in [-0.15, -0.1) is 0 Å². The maximum absolute atomic E-state index is 14.3. The number of benzene rings is 2. The average Bonchev–Trinajstić information content (AvgIpc) is 3.67. The van der Waals surface area contributed by atoms with E-state index in [4.69, 9.17) is 4.74 Å². The summed E-state index contributed by atoms with van der Waals surface area (Å²) in [5.74, 6) is -1.61. The maximum atomic E-state index is 14.3. The minimum Gasteiger partial charge on any atom is -0.378 e. The van der Waals surface area contributed by atoms with Gasteiger partial charge in [-0.25, -0.2) is 17.2 Å². The van der Waals surface area contributed by atoms with Crippen molar-refractivity contribution in [3.05, 3.63) is 108 Å². The van der Waals surface area contributed by atoms with Gasteiger partial charge < -0.3 is 4.74 Å². The number of fused-ring (bicyclic) bond motifs is 2. The second kappa shape index (κ2) is 11.0. The zero-order chi connectivity index (χ0) is 27.6. The Hall–Kier alpha value is -3.95. The van der Waals surface area contributed by atoms with Crippen molar-refractivity contribution in [3.63, 3.8) is 0 Å². The van der Waals surface area contributed by atoms with Gasteiger partial charge in [0, 0.05) is 48.2 Å². The Labute approximate surface area is 226 Å². The van der Waals surface area contributed by atoms with Gasteiger partial charge in [-0.3, -0.25) is 14.7 Å². The molecule has 1 saturated carbocycles. The molecule has 1 aliphatic heterocycles. The van der Waals surface area contributed by atoms with Gasteiger partial charge in [0.05, 0.1) is 17.8 Å². The van der Waals surface area contributed by atoms with Crippen LogP contribution in [0.2, 0.25) is 0 Å². The van der Waals surface area contributed by atoms with Gasteiger partial charge in [0.2, 0.25) is 0 Å². The Morgan fingerprint density at radius 1 is 1.18 bits per heavy atom. The summed E-state index contributed by atoms with van der Waals surface area (Å²) in [5.41, 5.74) is 5.77. The van der Waals surface area contributed by atoms with Crippen LogP contribution in [0.25, 0.3) is 22.0 Å². The molecule has 0 saturated heterocycles. The van der Waals surface area contributed by atoms with E-state index in [1.54, 1.807) is 12.3 Å². The molecule has 1 atom stereocenters. The molecule has 0 bridgehead atoms. The lowest BCUT2D eigenvalue weighted by Crippen LogP contribution is -2.26. The molecule has 1 N–H and O–H groups in total. The minimum absolute atomic E-state index is 0.0807. The average molecular weight is 548 g/mol. The summed E-state index contributed by atoms with van der Waals surface area (Å²) < 4.78 is 61.2. The van der Waals surface area contributed by atoms with Crippen LogP contribution in [0.3, 0.4) is 0 Å². The van der Waals surface area contributed by atoms with Crippen LogP contribution in [0.1, 0.15) is 30.9 Å². The van der Waals surface area contributed by atoms with Crippen LogP contribution < -0.4 is 4.72 Å². The van der Waals surface area contributed by atoms with Gasteiger partial charge in [-0.1, -0.05) is 31.2 Å². The number of hydrogen-bond acceptors (Lipinski definition) is 5. The molecule has 1 aromatic heterocycles. The lowest BCUT2D eigenvalue weighted by Gasteiger charge is -2.14. The molecule has 1 fully saturated rings. The van der Waals surface area contributed by atoms with E-state index in [-0.39, 0.29) is 12.3 Å². The highest BCUT2D eigenvalue weighted by Gasteiger charge is 2.29. The fraction of sp³-hybridized carbons (Fsp3) is 0.200. The third-order valence-corrected chi connectivity index (χ3v) is 7.90. The summed E-state index contributed by atoms with van der Waals surface area (Å²) >= 11 is 0. The first-order valence-corrected chi connectivity index (χ1v) is 14.0. The Balaban J connectivity index is 1.53. The summed E-state index contributed by atoms with van der Waals surface area (Å²) in [7, 11) is -2.91. The van der Waals surface area contributed by atoms with Crippen molar-refractivity contribution in [1.29, 1.82) is 0 Å². The number of aromatic nitrogens is 1. The number of aliphatic imine (C=N–C) groups is 1. The van der Waals surface area contributed by atoms with Gasteiger partial charge in [-0.2, -0.15) is 0 Å². The first-order valence-electron chi connectivity index (χ1n) is 12.5. The maximum Gasteiger partial charge on any atom is 0.264 e. The van der Waals surface area contributed by atoms with Gasteiger partial charge in [-0.05, 0) is 65.9 Å². The van der Waals surface area contributed by atoms with Gasteiger partial charge >= 0.3 is 0 Å². The van der Waals surface area contributed by atoms with Crippen molar-refractivity contribution in [2.75, 3.05) is 13.7 Å². The summed E-state index contributed by atoms with van der Waals surface area (Å²) in [6.45, 7) is 1.89. The Kier molecular flexibility index (Phi) is 7.54. The number of pyridine rings is 1. The predicted molar refractivity (Wildman–Crippen MR) is 149 cm³/mol. The van der Waals surface area contributed by atoms with E-state index in [1.807, 2.05) is 43.5 Å². The third-order valence-electron chi connectivity index (χ3n) is 6.46. The van der Waals surface area contributed by atoms with Crippen LogP contribution in [0.4, 0.5) is 8.78 Å². The highest BCUT2D eigenvalue weighted by Crippen LogP contribution is 2.35. The van der Waals surface area contributed by atoms with Gasteiger partial charge in [0.15, 0.2) is 0 Å². The molecule has 2 aromatic carbocycles. The molecule has 5 rings (SSSR count). The first kappa shape index (κ1) is 26.6. The second-order valence-electron chi connectivity index (χ2n) is 9.32. The van der Waals surface area contributed by atoms with E-state index in [0.29, 0.717) is 18.4 Å². The molecule has 9 heteroatoms. The van der Waals surface area contributed by atoms with E-state index in [9.17, 15) is 17.2 Å². The predicted octanol–water partition coefficient (Wildman–Crippen LogP) is 6.19. The number of sulfonamides is 1. The van der Waals surface area contributed by atoms with Crippen molar-refractivity contribution in [2.45, 2.75) is 24.7 Å². The van der Waals surface area contributed by atoms with Gasteiger partial charge in [0.1, 0.15) is 16.5 Å². The van der Waals surface area contributed by atoms with E-state index < -0.39 is 26.6 Å². The molecule has 0 radical (unpaired) electrons. The number of ether oxygens (including phenoxy) is 1. The number of hydrogen-bond donors (Lipinski definition) is 1. The molecule has 1 unspecified atom stereocenters. The molecule has 6 nitrogen and oxygen atoms in total. The first-order chi connectivity index (χ1) is 18.8. The molecular weight excluding hydrogens is 520 g/mol. The number of allylic oxidation sites excluding steroid dienone is 6. The monoisotopic (exact) mass is 547 g/mol. The summed E-state index contributed by atoms with van der Waals surface area (Å²) in [6.07, 6.45) is 13.2. The zero-order valence-corrected chi connectivity index (χ0v) is 22.3.